The zero-order chi connectivity index (χ0) is 33.1. The largest absolute Gasteiger partial charge is 0.476 e. The van der Waals surface area contributed by atoms with Crippen LogP contribution >= 0.6 is 0 Å². The Labute approximate surface area is 260 Å². The van der Waals surface area contributed by atoms with Crippen molar-refractivity contribution in [1.29, 1.82) is 10.8 Å². The number of nitrogen functional groups attached to an aromatic ring is 3. The Hall–Kier alpha value is -6.11. The lowest BCUT2D eigenvalue weighted by Crippen LogP contribution is -2.28. The lowest BCUT2D eigenvalue weighted by atomic mass is 9.95. The van der Waals surface area contributed by atoms with Gasteiger partial charge in [0, 0.05) is 42.2 Å². The van der Waals surface area contributed by atoms with Crippen LogP contribution in [0.5, 0.6) is 0 Å². The Morgan fingerprint density at radius 3 is 2.13 bits per heavy atom. The van der Waals surface area contributed by atoms with E-state index in [4.69, 9.17) is 28.0 Å². The van der Waals surface area contributed by atoms with Gasteiger partial charge in [-0.25, -0.2) is 19.7 Å². The maximum atomic E-state index is 12.4. The van der Waals surface area contributed by atoms with Crippen molar-refractivity contribution in [3.05, 3.63) is 107 Å². The molecule has 232 valence electrons. The summed E-state index contributed by atoms with van der Waals surface area (Å²) in [4.78, 5) is 36.7. The zero-order valence-electron chi connectivity index (χ0n) is 25.0. The number of nitrogens with one attached hydrogen (secondary N) is 4. The number of carboxylic acid groups (broad SMARTS) is 1. The molecule has 3 aromatic heterocycles. The molecule has 4 rings (SSSR count). The van der Waals surface area contributed by atoms with Crippen molar-refractivity contribution in [1.82, 2.24) is 20.3 Å². The summed E-state index contributed by atoms with van der Waals surface area (Å²) in [6, 6.07) is 15.3. The molecular weight excluding hydrogens is 572 g/mol. The van der Waals surface area contributed by atoms with E-state index >= 15 is 0 Å². The highest BCUT2D eigenvalue weighted by atomic mass is 16.4. The second-order valence-electron chi connectivity index (χ2n) is 10.2. The van der Waals surface area contributed by atoms with Crippen molar-refractivity contribution in [2.24, 2.45) is 17.4 Å². The van der Waals surface area contributed by atoms with Crippen LogP contribution in [0.15, 0.2) is 73.6 Å². The van der Waals surface area contributed by atoms with Gasteiger partial charge in [-0.05, 0) is 65.1 Å². The Morgan fingerprint density at radius 1 is 0.956 bits per heavy atom. The molecular formula is C32H36N10O3. The lowest BCUT2D eigenvalue weighted by Gasteiger charge is -2.15. The molecule has 0 fully saturated rings. The summed E-state index contributed by atoms with van der Waals surface area (Å²) in [5.41, 5.74) is 19.6. The van der Waals surface area contributed by atoms with Gasteiger partial charge in [0.1, 0.15) is 29.0 Å². The van der Waals surface area contributed by atoms with Crippen LogP contribution < -0.4 is 27.8 Å². The Balaban J connectivity index is 0.000000468. The van der Waals surface area contributed by atoms with Crippen molar-refractivity contribution in [2.75, 3.05) is 17.6 Å². The van der Waals surface area contributed by atoms with E-state index in [0.717, 1.165) is 11.1 Å². The average Bonchev–Trinajstić information content (AvgIpc) is 3.02. The Morgan fingerprint density at radius 2 is 1.60 bits per heavy atom. The molecule has 0 aliphatic carbocycles. The van der Waals surface area contributed by atoms with Crippen LogP contribution in [0.3, 0.4) is 0 Å². The van der Waals surface area contributed by atoms with E-state index in [0.29, 0.717) is 47.0 Å². The Bertz CT molecular complexity index is 1700. The van der Waals surface area contributed by atoms with Crippen LogP contribution in [0.2, 0.25) is 0 Å². The number of hydrogen-bond donors (Lipinski definition) is 8. The van der Waals surface area contributed by atoms with Gasteiger partial charge in [-0.1, -0.05) is 38.6 Å². The Kier molecular flexibility index (Phi) is 11.4. The van der Waals surface area contributed by atoms with Crippen molar-refractivity contribution >= 4 is 41.3 Å². The number of nitrogens with two attached hydrogens (primary N) is 3. The molecule has 0 unspecified atom stereocenters. The molecule has 0 radical (unpaired) electrons. The third-order valence-electron chi connectivity index (χ3n) is 6.29. The molecule has 1 amide bonds. The summed E-state index contributed by atoms with van der Waals surface area (Å²) >= 11 is 0. The van der Waals surface area contributed by atoms with E-state index in [1.807, 2.05) is 32.0 Å². The number of benzene rings is 1. The maximum Gasteiger partial charge on any atom is 0.355 e. The minimum atomic E-state index is -1.23. The predicted octanol–water partition coefficient (Wildman–Crippen LogP) is 3.71. The van der Waals surface area contributed by atoms with Crippen LogP contribution in [0, 0.1) is 16.7 Å². The van der Waals surface area contributed by atoms with Gasteiger partial charge in [0.25, 0.3) is 5.91 Å². The smallest absolute Gasteiger partial charge is 0.355 e. The molecule has 3 heterocycles. The summed E-state index contributed by atoms with van der Waals surface area (Å²) in [5.74, 6) is -0.455. The van der Waals surface area contributed by atoms with E-state index in [2.05, 4.69) is 32.2 Å². The van der Waals surface area contributed by atoms with E-state index in [9.17, 15) is 14.7 Å². The number of pyridine rings is 3. The van der Waals surface area contributed by atoms with Gasteiger partial charge >= 0.3 is 5.97 Å². The first-order chi connectivity index (χ1) is 21.4. The van der Waals surface area contributed by atoms with Gasteiger partial charge in [0.15, 0.2) is 5.69 Å². The van der Waals surface area contributed by atoms with Crippen LogP contribution in [-0.4, -0.2) is 50.2 Å². The number of anilines is 2. The highest BCUT2D eigenvalue weighted by Crippen LogP contribution is 2.29. The molecule has 4 aromatic rings. The molecule has 0 bridgehead atoms. The van der Waals surface area contributed by atoms with Gasteiger partial charge < -0.3 is 32.9 Å². The molecule has 0 atom stereocenters. The molecule has 0 saturated carbocycles. The molecule has 0 aliphatic heterocycles. The van der Waals surface area contributed by atoms with E-state index in [1.165, 1.54) is 18.5 Å². The van der Waals surface area contributed by atoms with Crippen molar-refractivity contribution in [2.45, 2.75) is 20.4 Å². The molecule has 0 saturated heterocycles. The number of amides is 1. The molecule has 0 spiro atoms. The van der Waals surface area contributed by atoms with Gasteiger partial charge in [-0.2, -0.15) is 0 Å². The first kappa shape index (κ1) is 33.4. The first-order valence-corrected chi connectivity index (χ1v) is 13.8. The summed E-state index contributed by atoms with van der Waals surface area (Å²) < 4.78 is 0. The second-order valence-corrected chi connectivity index (χ2v) is 10.2. The first-order valence-electron chi connectivity index (χ1n) is 13.8. The normalized spacial score (nSPS) is 10.3. The van der Waals surface area contributed by atoms with Gasteiger partial charge in [-0.15, -0.1) is 0 Å². The number of carbonyl (C=O) groups excluding carboxylic acids is 1. The number of carbonyl (C=O) groups is 2. The molecule has 0 aliphatic rings. The number of amidine groups is 2. The summed E-state index contributed by atoms with van der Waals surface area (Å²) in [6.45, 7) is 8.54. The van der Waals surface area contributed by atoms with Crippen molar-refractivity contribution in [3.63, 3.8) is 0 Å². The summed E-state index contributed by atoms with van der Waals surface area (Å²) in [5, 5.41) is 30.3. The standard InChI is InChI=1S/C26H28N6O3.C6H8N4/c1-4-16-5-7-19(18(11-16)14-30-22-10-6-17(13-29-22)24(27)28)20-8-9-21(32-23(20)26(34)35)25(33)31-12-15(2)3;7-5-2-1-4(3-10-5)6(8)9/h4-11,13,15H,1,12,14H2,2-3H3,(H3,27,28)(H,29,30)(H,31,33)(H,34,35);1-3H,(H2,7,10)(H3,8,9). The highest BCUT2D eigenvalue weighted by Gasteiger charge is 2.20. The summed E-state index contributed by atoms with van der Waals surface area (Å²) in [6.07, 6.45) is 4.67. The number of rotatable bonds is 11. The van der Waals surface area contributed by atoms with Crippen LogP contribution in [-0.2, 0) is 6.54 Å². The van der Waals surface area contributed by atoms with E-state index in [-0.39, 0.29) is 29.0 Å². The average molecular weight is 609 g/mol. The molecule has 13 nitrogen and oxygen atoms in total. The predicted molar refractivity (Wildman–Crippen MR) is 176 cm³/mol. The van der Waals surface area contributed by atoms with Gasteiger partial charge in [0.2, 0.25) is 0 Å². The fourth-order valence-corrected chi connectivity index (χ4v) is 3.91. The topological polar surface area (TPSA) is 243 Å². The van der Waals surface area contributed by atoms with E-state index in [1.54, 1.807) is 36.4 Å². The monoisotopic (exact) mass is 608 g/mol. The highest BCUT2D eigenvalue weighted by molar-refractivity contribution is 5.98. The SMILES string of the molecule is C=Cc1ccc(-c2ccc(C(=O)NCC(C)C)nc2C(=O)O)c(CNc2ccc(C(=N)N)cn2)c1.N=C(N)c1ccc(N)nc1. The quantitative estimate of drug-likeness (QED) is 0.0906. The van der Waals surface area contributed by atoms with Crippen LogP contribution in [0.4, 0.5) is 11.6 Å². The fourth-order valence-electron chi connectivity index (χ4n) is 3.91. The number of carboxylic acids is 1. The third-order valence-corrected chi connectivity index (χ3v) is 6.29. The number of hydrogen-bond acceptors (Lipinski definition) is 9. The fraction of sp³-hybridized carbons (Fsp3) is 0.156. The summed E-state index contributed by atoms with van der Waals surface area (Å²) in [7, 11) is 0. The van der Waals surface area contributed by atoms with Crippen molar-refractivity contribution < 1.29 is 14.7 Å². The van der Waals surface area contributed by atoms with Crippen LogP contribution in [0.1, 0.15) is 57.1 Å². The van der Waals surface area contributed by atoms with E-state index < -0.39 is 11.9 Å². The third kappa shape index (κ3) is 9.44. The van der Waals surface area contributed by atoms with Gasteiger partial charge in [0.05, 0.1) is 0 Å². The van der Waals surface area contributed by atoms with Gasteiger partial charge in [-0.3, -0.25) is 15.6 Å². The molecule has 11 N–H and O–H groups in total. The molecule has 13 heteroatoms. The van der Waals surface area contributed by atoms with Crippen molar-refractivity contribution in [3.8, 4) is 11.1 Å². The lowest BCUT2D eigenvalue weighted by molar-refractivity contribution is 0.0691. The molecule has 1 aromatic carbocycles. The molecule has 45 heavy (non-hydrogen) atoms. The minimum Gasteiger partial charge on any atom is -0.476 e. The van der Waals surface area contributed by atoms with Crippen LogP contribution in [0.25, 0.3) is 17.2 Å². The number of nitrogens with zero attached hydrogens (tertiary/aromatic N) is 3. The zero-order valence-corrected chi connectivity index (χ0v) is 25.0. The number of aromatic carboxylic acids is 1. The number of aromatic nitrogens is 3. The second kappa shape index (κ2) is 15.4. The maximum absolute atomic E-state index is 12.4. The minimum absolute atomic E-state index is 0.00694.